The summed E-state index contributed by atoms with van der Waals surface area (Å²) < 4.78 is 0. The van der Waals surface area contributed by atoms with Crippen molar-refractivity contribution < 1.29 is 14.7 Å². The summed E-state index contributed by atoms with van der Waals surface area (Å²) in [6, 6.07) is 2.02. The van der Waals surface area contributed by atoms with Crippen LogP contribution in [0.25, 0.3) is 0 Å². The Balaban J connectivity index is 2.57. The average molecular weight is 261 g/mol. The number of carboxylic acids is 1. The van der Waals surface area contributed by atoms with E-state index in [2.05, 4.69) is 16.2 Å². The van der Waals surface area contributed by atoms with E-state index < -0.39 is 18.0 Å². The SMILES string of the molecule is C#CCC(NC(=O)N(C)Cc1cccnc1)C(=O)O. The van der Waals surface area contributed by atoms with Gasteiger partial charge in [0.25, 0.3) is 0 Å². The van der Waals surface area contributed by atoms with E-state index in [1.54, 1.807) is 25.5 Å². The fourth-order valence-electron chi connectivity index (χ4n) is 1.41. The van der Waals surface area contributed by atoms with Crippen LogP contribution < -0.4 is 5.32 Å². The number of rotatable bonds is 5. The molecule has 0 aliphatic heterocycles. The third kappa shape index (κ3) is 4.68. The van der Waals surface area contributed by atoms with E-state index in [0.29, 0.717) is 6.54 Å². The number of carbonyl (C=O) groups is 2. The number of hydrogen-bond donors (Lipinski definition) is 2. The quantitative estimate of drug-likeness (QED) is 0.764. The van der Waals surface area contributed by atoms with Gasteiger partial charge in [-0.3, -0.25) is 4.98 Å². The first-order valence-electron chi connectivity index (χ1n) is 5.61. The molecule has 0 saturated heterocycles. The Labute approximate surface area is 111 Å². The molecule has 0 aromatic carbocycles. The highest BCUT2D eigenvalue weighted by molar-refractivity contribution is 5.82. The van der Waals surface area contributed by atoms with Gasteiger partial charge in [0.1, 0.15) is 6.04 Å². The van der Waals surface area contributed by atoms with E-state index in [0.717, 1.165) is 5.56 Å². The third-order valence-corrected chi connectivity index (χ3v) is 2.41. The Hall–Kier alpha value is -2.55. The Morgan fingerprint density at radius 1 is 1.63 bits per heavy atom. The van der Waals surface area contributed by atoms with Crippen LogP contribution in [0.5, 0.6) is 0 Å². The van der Waals surface area contributed by atoms with Crippen LogP contribution in [0.3, 0.4) is 0 Å². The maximum absolute atomic E-state index is 11.8. The van der Waals surface area contributed by atoms with E-state index in [1.807, 2.05) is 6.07 Å². The lowest BCUT2D eigenvalue weighted by atomic mass is 10.2. The average Bonchev–Trinajstić information content (AvgIpc) is 2.39. The van der Waals surface area contributed by atoms with E-state index >= 15 is 0 Å². The molecule has 19 heavy (non-hydrogen) atoms. The zero-order valence-electron chi connectivity index (χ0n) is 10.5. The second kappa shape index (κ2) is 7.01. The van der Waals surface area contributed by atoms with Crippen molar-refractivity contribution in [1.82, 2.24) is 15.2 Å². The van der Waals surface area contributed by atoms with E-state index in [4.69, 9.17) is 11.5 Å². The number of amides is 2. The van der Waals surface area contributed by atoms with Gasteiger partial charge in [-0.05, 0) is 11.6 Å². The van der Waals surface area contributed by atoms with Crippen molar-refractivity contribution in [1.29, 1.82) is 0 Å². The lowest BCUT2D eigenvalue weighted by Crippen LogP contribution is -2.46. The van der Waals surface area contributed by atoms with Crippen LogP contribution >= 0.6 is 0 Å². The van der Waals surface area contributed by atoms with E-state index in [-0.39, 0.29) is 6.42 Å². The minimum atomic E-state index is -1.15. The normalized spacial score (nSPS) is 11.2. The molecule has 2 N–H and O–H groups in total. The Morgan fingerprint density at radius 2 is 2.37 bits per heavy atom. The van der Waals surface area contributed by atoms with Crippen molar-refractivity contribution in [3.05, 3.63) is 30.1 Å². The summed E-state index contributed by atoms with van der Waals surface area (Å²) in [5.41, 5.74) is 0.851. The molecule has 1 aromatic heterocycles. The lowest BCUT2D eigenvalue weighted by Gasteiger charge is -2.20. The number of aliphatic carboxylic acids is 1. The molecule has 1 rings (SSSR count). The van der Waals surface area contributed by atoms with E-state index in [1.165, 1.54) is 4.90 Å². The van der Waals surface area contributed by atoms with Gasteiger partial charge in [0.2, 0.25) is 0 Å². The fourth-order valence-corrected chi connectivity index (χ4v) is 1.41. The summed E-state index contributed by atoms with van der Waals surface area (Å²) in [6.07, 6.45) is 8.28. The van der Waals surface area contributed by atoms with Crippen molar-refractivity contribution >= 4 is 12.0 Å². The highest BCUT2D eigenvalue weighted by atomic mass is 16.4. The number of nitrogens with one attached hydrogen (secondary N) is 1. The number of aromatic nitrogens is 1. The van der Waals surface area contributed by atoms with Gasteiger partial charge < -0.3 is 15.3 Å². The van der Waals surface area contributed by atoms with Crippen molar-refractivity contribution in [3.63, 3.8) is 0 Å². The Bertz CT molecular complexity index is 482. The molecule has 0 aliphatic rings. The van der Waals surface area contributed by atoms with Crippen LogP contribution in [0.15, 0.2) is 24.5 Å². The van der Waals surface area contributed by atoms with Crippen molar-refractivity contribution in [2.75, 3.05) is 7.05 Å². The first-order chi connectivity index (χ1) is 9.04. The predicted octanol–water partition coefficient (Wildman–Crippen LogP) is 0.700. The minimum absolute atomic E-state index is 0.0538. The van der Waals surface area contributed by atoms with Gasteiger partial charge >= 0.3 is 12.0 Å². The van der Waals surface area contributed by atoms with Gasteiger partial charge in [0, 0.05) is 32.4 Å². The number of nitrogens with zero attached hydrogens (tertiary/aromatic N) is 2. The molecule has 1 atom stereocenters. The summed E-state index contributed by atoms with van der Waals surface area (Å²) in [7, 11) is 1.57. The largest absolute Gasteiger partial charge is 0.480 e. The second-order valence-electron chi connectivity index (χ2n) is 3.97. The molecular weight excluding hydrogens is 246 g/mol. The molecule has 0 bridgehead atoms. The first-order valence-corrected chi connectivity index (χ1v) is 5.61. The third-order valence-electron chi connectivity index (χ3n) is 2.41. The summed E-state index contributed by atoms with van der Waals surface area (Å²) in [6.45, 7) is 0.335. The molecule has 1 unspecified atom stereocenters. The topological polar surface area (TPSA) is 82.5 Å². The van der Waals surface area contributed by atoms with Gasteiger partial charge in [-0.2, -0.15) is 0 Å². The Kier molecular flexibility index (Phi) is 5.35. The van der Waals surface area contributed by atoms with Crippen LogP contribution in [0, 0.1) is 12.3 Å². The van der Waals surface area contributed by atoms with E-state index in [9.17, 15) is 9.59 Å². The molecule has 6 heteroatoms. The summed E-state index contributed by atoms with van der Waals surface area (Å²) in [4.78, 5) is 28.0. The molecule has 100 valence electrons. The standard InChI is InChI=1S/C13H15N3O3/c1-3-5-11(12(17)18)15-13(19)16(2)9-10-6-4-7-14-8-10/h1,4,6-8,11H,5,9H2,2H3,(H,15,19)(H,17,18). The molecule has 0 aliphatic carbocycles. The molecule has 0 saturated carbocycles. The van der Waals surface area contributed by atoms with Crippen LogP contribution in [0.4, 0.5) is 4.79 Å². The van der Waals surface area contributed by atoms with Crippen LogP contribution in [0.2, 0.25) is 0 Å². The number of carbonyl (C=O) groups excluding carboxylic acids is 1. The van der Waals surface area contributed by atoms with Crippen molar-refractivity contribution in [3.8, 4) is 12.3 Å². The summed E-state index contributed by atoms with van der Waals surface area (Å²) in [5, 5.41) is 11.2. The van der Waals surface area contributed by atoms with Gasteiger partial charge in [0.05, 0.1) is 0 Å². The summed E-state index contributed by atoms with van der Waals surface area (Å²) >= 11 is 0. The second-order valence-corrected chi connectivity index (χ2v) is 3.97. The fraction of sp³-hybridized carbons (Fsp3) is 0.308. The summed E-state index contributed by atoms with van der Waals surface area (Å²) in [5.74, 6) is 1.07. The molecule has 0 fully saturated rings. The molecular formula is C13H15N3O3. The molecule has 0 radical (unpaired) electrons. The Morgan fingerprint density at radius 3 is 2.89 bits per heavy atom. The zero-order valence-corrected chi connectivity index (χ0v) is 10.5. The molecule has 1 aromatic rings. The number of hydrogen-bond acceptors (Lipinski definition) is 3. The first kappa shape index (κ1) is 14.5. The number of terminal acetylenes is 1. The van der Waals surface area contributed by atoms with Crippen molar-refractivity contribution in [2.45, 2.75) is 19.0 Å². The molecule has 1 heterocycles. The molecule has 0 spiro atoms. The minimum Gasteiger partial charge on any atom is -0.480 e. The zero-order chi connectivity index (χ0) is 14.3. The highest BCUT2D eigenvalue weighted by Gasteiger charge is 2.20. The van der Waals surface area contributed by atoms with Crippen LogP contribution in [0.1, 0.15) is 12.0 Å². The monoisotopic (exact) mass is 261 g/mol. The van der Waals surface area contributed by atoms with Crippen LogP contribution in [-0.4, -0.2) is 40.1 Å². The van der Waals surface area contributed by atoms with Gasteiger partial charge in [-0.25, -0.2) is 9.59 Å². The highest BCUT2D eigenvalue weighted by Crippen LogP contribution is 2.01. The molecule has 2 amide bonds. The number of pyridine rings is 1. The number of carboxylic acid groups (broad SMARTS) is 1. The number of urea groups is 1. The van der Waals surface area contributed by atoms with Crippen LogP contribution in [-0.2, 0) is 11.3 Å². The maximum atomic E-state index is 11.8. The smallest absolute Gasteiger partial charge is 0.327 e. The maximum Gasteiger partial charge on any atom is 0.327 e. The van der Waals surface area contributed by atoms with Gasteiger partial charge in [0.15, 0.2) is 0 Å². The molecule has 6 nitrogen and oxygen atoms in total. The predicted molar refractivity (Wildman–Crippen MR) is 69.1 cm³/mol. The van der Waals surface area contributed by atoms with Gasteiger partial charge in [-0.1, -0.05) is 6.07 Å². The van der Waals surface area contributed by atoms with Crippen molar-refractivity contribution in [2.24, 2.45) is 0 Å². The van der Waals surface area contributed by atoms with Gasteiger partial charge in [-0.15, -0.1) is 12.3 Å². The lowest BCUT2D eigenvalue weighted by molar-refractivity contribution is -0.139.